The normalized spacial score (nSPS) is 17.0. The molecule has 1 aromatic carbocycles. The first-order valence-electron chi connectivity index (χ1n) is 9.61. The molecule has 6 rings (SSSR count). The molecule has 2 aliphatic carbocycles. The predicted octanol–water partition coefficient (Wildman–Crippen LogP) is 5.64. The van der Waals surface area contributed by atoms with Crippen molar-refractivity contribution in [3.05, 3.63) is 76.9 Å². The fourth-order valence-corrected chi connectivity index (χ4v) is 5.61. The fourth-order valence-electron chi connectivity index (χ4n) is 4.26. The third-order valence-electron chi connectivity index (χ3n) is 5.60. The number of anilines is 1. The highest BCUT2D eigenvalue weighted by Gasteiger charge is 2.39. The summed E-state index contributed by atoms with van der Waals surface area (Å²) in [6.45, 7) is 0.743. The topological polar surface area (TPSA) is 50.7 Å². The molecule has 4 nitrogen and oxygen atoms in total. The molecular formula is C23H18N4S. The Morgan fingerprint density at radius 3 is 2.86 bits per heavy atom. The Labute approximate surface area is 167 Å². The van der Waals surface area contributed by atoms with Crippen molar-refractivity contribution in [1.82, 2.24) is 15.0 Å². The number of fused-ring (bicyclic) bond motifs is 6. The number of allylic oxidation sites excluding steroid dienone is 2. The molecule has 2 aliphatic rings. The van der Waals surface area contributed by atoms with Crippen LogP contribution < -0.4 is 5.32 Å². The van der Waals surface area contributed by atoms with E-state index in [0.717, 1.165) is 28.6 Å². The molecule has 1 N–H and O–H groups in total. The molecular weight excluding hydrogens is 364 g/mol. The van der Waals surface area contributed by atoms with Gasteiger partial charge >= 0.3 is 0 Å². The second kappa shape index (κ2) is 6.24. The van der Waals surface area contributed by atoms with Gasteiger partial charge in [0, 0.05) is 40.9 Å². The number of aromatic nitrogens is 3. The van der Waals surface area contributed by atoms with E-state index in [2.05, 4.69) is 40.6 Å². The fraction of sp³-hybridized carbons (Fsp3) is 0.174. The first-order valence-corrected chi connectivity index (χ1v) is 10.4. The van der Waals surface area contributed by atoms with Crippen molar-refractivity contribution < 1.29 is 0 Å². The molecule has 0 bridgehead atoms. The lowest BCUT2D eigenvalue weighted by Gasteiger charge is -2.26. The molecule has 0 amide bonds. The highest BCUT2D eigenvalue weighted by atomic mass is 32.1. The summed E-state index contributed by atoms with van der Waals surface area (Å²) < 4.78 is 0. The van der Waals surface area contributed by atoms with E-state index in [1.54, 1.807) is 6.20 Å². The molecule has 0 aliphatic heterocycles. The zero-order valence-electron chi connectivity index (χ0n) is 15.2. The molecule has 3 aromatic heterocycles. The molecule has 0 saturated carbocycles. The van der Waals surface area contributed by atoms with Gasteiger partial charge in [0.25, 0.3) is 0 Å². The molecule has 5 heteroatoms. The van der Waals surface area contributed by atoms with Gasteiger partial charge in [-0.05, 0) is 36.1 Å². The van der Waals surface area contributed by atoms with Gasteiger partial charge in [0.2, 0.25) is 0 Å². The van der Waals surface area contributed by atoms with Gasteiger partial charge < -0.3 is 5.32 Å². The Kier molecular flexibility index (Phi) is 3.56. The Morgan fingerprint density at radius 2 is 2.00 bits per heavy atom. The van der Waals surface area contributed by atoms with Gasteiger partial charge in [-0.3, -0.25) is 4.98 Å². The standard InChI is InChI=1S/C23H18N4S/c1-2-6-14(7-3-1)12-25-22-19-18-16-9-4-10-17(16)20(18)28-23(19)27-21(26-22)15-8-5-11-24-13-15/h1-3,5-9,11,13,17H,4,10,12H2,(H,25,26,27). The van der Waals surface area contributed by atoms with E-state index in [1.807, 2.05) is 35.7 Å². The highest BCUT2D eigenvalue weighted by Crippen LogP contribution is 2.59. The monoisotopic (exact) mass is 382 g/mol. The van der Waals surface area contributed by atoms with Crippen LogP contribution in [-0.2, 0) is 6.54 Å². The molecule has 136 valence electrons. The number of nitrogens with zero attached hydrogens (tertiary/aromatic N) is 3. The number of nitrogens with one attached hydrogen (secondary N) is 1. The minimum Gasteiger partial charge on any atom is -0.365 e. The Bertz CT molecular complexity index is 1210. The molecule has 0 fully saturated rings. The molecule has 1 unspecified atom stereocenters. The number of benzene rings is 1. The van der Waals surface area contributed by atoms with Crippen LogP contribution in [0.5, 0.6) is 0 Å². The largest absolute Gasteiger partial charge is 0.365 e. The van der Waals surface area contributed by atoms with Gasteiger partial charge in [-0.15, -0.1) is 11.3 Å². The summed E-state index contributed by atoms with van der Waals surface area (Å²) in [5.74, 6) is 2.28. The van der Waals surface area contributed by atoms with Crippen molar-refractivity contribution in [2.45, 2.75) is 25.3 Å². The maximum Gasteiger partial charge on any atom is 0.164 e. The summed E-state index contributed by atoms with van der Waals surface area (Å²) in [7, 11) is 0. The van der Waals surface area contributed by atoms with E-state index in [4.69, 9.17) is 9.97 Å². The van der Waals surface area contributed by atoms with E-state index >= 15 is 0 Å². The van der Waals surface area contributed by atoms with Gasteiger partial charge in [0.1, 0.15) is 10.6 Å². The second-order valence-electron chi connectivity index (χ2n) is 7.29. The number of hydrogen-bond acceptors (Lipinski definition) is 5. The Balaban J connectivity index is 1.50. The summed E-state index contributed by atoms with van der Waals surface area (Å²) in [5, 5.41) is 4.78. The summed E-state index contributed by atoms with van der Waals surface area (Å²) in [4.78, 5) is 16.6. The SMILES string of the molecule is C1=C2c3c(sc4nc(-c5cccnc5)nc(NCc5ccccc5)c34)C2CC1. The van der Waals surface area contributed by atoms with Gasteiger partial charge in [0.05, 0.1) is 5.39 Å². The molecule has 3 heterocycles. The third-order valence-corrected chi connectivity index (χ3v) is 6.80. The van der Waals surface area contributed by atoms with Crippen LogP contribution in [0, 0.1) is 0 Å². The van der Waals surface area contributed by atoms with Crippen LogP contribution in [0.3, 0.4) is 0 Å². The van der Waals surface area contributed by atoms with Gasteiger partial charge in [-0.25, -0.2) is 9.97 Å². The van der Waals surface area contributed by atoms with Crippen molar-refractivity contribution in [1.29, 1.82) is 0 Å². The molecule has 0 spiro atoms. The van der Waals surface area contributed by atoms with Crippen LogP contribution in [0.1, 0.15) is 34.8 Å². The van der Waals surface area contributed by atoms with Crippen molar-refractivity contribution in [3.63, 3.8) is 0 Å². The van der Waals surface area contributed by atoms with E-state index < -0.39 is 0 Å². The van der Waals surface area contributed by atoms with E-state index in [1.165, 1.54) is 39.8 Å². The lowest BCUT2D eigenvalue weighted by atomic mass is 9.80. The van der Waals surface area contributed by atoms with Crippen LogP contribution in [-0.4, -0.2) is 15.0 Å². The lowest BCUT2D eigenvalue weighted by Crippen LogP contribution is -2.10. The van der Waals surface area contributed by atoms with Gasteiger partial charge in [-0.2, -0.15) is 0 Å². The second-order valence-corrected chi connectivity index (χ2v) is 8.32. The summed E-state index contributed by atoms with van der Waals surface area (Å²) >= 11 is 1.83. The zero-order valence-corrected chi connectivity index (χ0v) is 16.0. The van der Waals surface area contributed by atoms with Crippen molar-refractivity contribution >= 4 is 32.9 Å². The predicted molar refractivity (Wildman–Crippen MR) is 114 cm³/mol. The number of rotatable bonds is 4. The van der Waals surface area contributed by atoms with Crippen LogP contribution in [0.2, 0.25) is 0 Å². The van der Waals surface area contributed by atoms with Crippen LogP contribution in [0.25, 0.3) is 27.2 Å². The minimum atomic E-state index is 0.623. The van der Waals surface area contributed by atoms with Crippen LogP contribution in [0.15, 0.2) is 60.9 Å². The van der Waals surface area contributed by atoms with Gasteiger partial charge in [0.15, 0.2) is 5.82 Å². The summed E-state index contributed by atoms with van der Waals surface area (Å²) in [5.41, 5.74) is 5.07. The molecule has 1 atom stereocenters. The minimum absolute atomic E-state index is 0.623. The third kappa shape index (κ3) is 2.39. The number of thiophene rings is 1. The molecule has 4 aromatic rings. The first-order chi connectivity index (χ1) is 13.9. The van der Waals surface area contributed by atoms with Crippen molar-refractivity contribution in [2.75, 3.05) is 5.32 Å². The maximum absolute atomic E-state index is 4.93. The molecule has 0 radical (unpaired) electrons. The summed E-state index contributed by atoms with van der Waals surface area (Å²) in [6.07, 6.45) is 8.43. The van der Waals surface area contributed by atoms with Crippen molar-refractivity contribution in [3.8, 4) is 11.4 Å². The quantitative estimate of drug-likeness (QED) is 0.496. The first kappa shape index (κ1) is 16.0. The Morgan fingerprint density at radius 1 is 1.07 bits per heavy atom. The van der Waals surface area contributed by atoms with Gasteiger partial charge in [-0.1, -0.05) is 36.4 Å². The zero-order chi connectivity index (χ0) is 18.5. The van der Waals surface area contributed by atoms with E-state index in [9.17, 15) is 0 Å². The average Bonchev–Trinajstić information content (AvgIpc) is 3.31. The van der Waals surface area contributed by atoms with Crippen LogP contribution >= 0.6 is 11.3 Å². The van der Waals surface area contributed by atoms with E-state index in [-0.39, 0.29) is 0 Å². The number of hydrogen-bond donors (Lipinski definition) is 1. The molecule has 0 saturated heterocycles. The number of pyridine rings is 1. The smallest absolute Gasteiger partial charge is 0.164 e. The maximum atomic E-state index is 4.93. The van der Waals surface area contributed by atoms with Crippen molar-refractivity contribution in [2.24, 2.45) is 0 Å². The Hall–Kier alpha value is -3.05. The molecule has 28 heavy (non-hydrogen) atoms. The lowest BCUT2D eigenvalue weighted by molar-refractivity contribution is 0.797. The average molecular weight is 382 g/mol. The highest BCUT2D eigenvalue weighted by molar-refractivity contribution is 7.19. The van der Waals surface area contributed by atoms with E-state index in [0.29, 0.717) is 5.92 Å². The van der Waals surface area contributed by atoms with Crippen LogP contribution in [0.4, 0.5) is 5.82 Å². The summed E-state index contributed by atoms with van der Waals surface area (Å²) in [6, 6.07) is 14.4.